The average molecular weight is 474 g/mol. The van der Waals surface area contributed by atoms with Gasteiger partial charge < -0.3 is 13.9 Å². The highest BCUT2D eigenvalue weighted by molar-refractivity contribution is 7.16. The molecule has 0 saturated heterocycles. The molecule has 3 aromatic heterocycles. The molecule has 13 heteroatoms. The Morgan fingerprint density at radius 2 is 1.94 bits per heavy atom. The molecule has 1 amide bonds. The molecule has 11 nitrogen and oxygen atoms in total. The van der Waals surface area contributed by atoms with Crippen molar-refractivity contribution in [1.82, 2.24) is 23.3 Å². The molecule has 4 rings (SSSR count). The maximum atomic E-state index is 13.7. The number of halogens is 1. The van der Waals surface area contributed by atoms with Gasteiger partial charge in [-0.2, -0.15) is 4.99 Å². The number of carbonyl (C=O) groups is 2. The van der Waals surface area contributed by atoms with Crippen LogP contribution in [0.15, 0.2) is 39.1 Å². The maximum absolute atomic E-state index is 13.7. The van der Waals surface area contributed by atoms with E-state index in [0.717, 1.165) is 15.9 Å². The van der Waals surface area contributed by atoms with Gasteiger partial charge in [0.25, 0.3) is 11.5 Å². The standard InChI is InChI=1S/C20H19FN6O5S/c1-4-32-15(29)9-27-12-6-5-11(21)7-13(12)33-19(27)23-14(28)8-26-10-22-17-16(26)18(30)25(3)20(31)24(17)2/h5-7,10H,4,8-9H2,1-3H3. The third-order valence-electron chi connectivity index (χ3n) is 4.98. The van der Waals surface area contributed by atoms with E-state index in [0.29, 0.717) is 10.2 Å². The molecule has 0 aliphatic heterocycles. The fourth-order valence-electron chi connectivity index (χ4n) is 3.43. The van der Waals surface area contributed by atoms with E-state index in [9.17, 15) is 23.6 Å². The summed E-state index contributed by atoms with van der Waals surface area (Å²) in [5.74, 6) is -1.62. The number of ether oxygens (including phenoxy) is 1. The van der Waals surface area contributed by atoms with Crippen molar-refractivity contribution in [2.45, 2.75) is 20.0 Å². The van der Waals surface area contributed by atoms with Gasteiger partial charge in [-0.05, 0) is 25.1 Å². The normalized spacial score (nSPS) is 12.1. The number of thiazole rings is 1. The van der Waals surface area contributed by atoms with Crippen LogP contribution in [-0.4, -0.2) is 41.7 Å². The van der Waals surface area contributed by atoms with E-state index in [1.807, 2.05) is 0 Å². The van der Waals surface area contributed by atoms with Crippen molar-refractivity contribution in [3.63, 3.8) is 0 Å². The number of amides is 1. The maximum Gasteiger partial charge on any atom is 0.332 e. The van der Waals surface area contributed by atoms with Crippen LogP contribution in [0.2, 0.25) is 0 Å². The van der Waals surface area contributed by atoms with Crippen LogP contribution in [0.5, 0.6) is 0 Å². The highest BCUT2D eigenvalue weighted by atomic mass is 32.1. The first kappa shape index (κ1) is 22.3. The smallest absolute Gasteiger partial charge is 0.332 e. The molecule has 1 aromatic carbocycles. The second-order valence-corrected chi connectivity index (χ2v) is 8.15. The van der Waals surface area contributed by atoms with E-state index in [-0.39, 0.29) is 35.7 Å². The molecule has 4 aromatic rings. The number of hydrogen-bond donors (Lipinski definition) is 0. The zero-order chi connectivity index (χ0) is 23.9. The quantitative estimate of drug-likeness (QED) is 0.383. The second-order valence-electron chi connectivity index (χ2n) is 7.14. The predicted molar refractivity (Wildman–Crippen MR) is 117 cm³/mol. The van der Waals surface area contributed by atoms with Crippen molar-refractivity contribution >= 4 is 44.6 Å². The van der Waals surface area contributed by atoms with E-state index in [4.69, 9.17) is 4.74 Å². The molecule has 172 valence electrons. The highest BCUT2D eigenvalue weighted by Gasteiger charge is 2.17. The summed E-state index contributed by atoms with van der Waals surface area (Å²) >= 11 is 1.04. The molecular weight excluding hydrogens is 455 g/mol. The Kier molecular flexibility index (Phi) is 5.80. The Morgan fingerprint density at radius 1 is 1.18 bits per heavy atom. The van der Waals surface area contributed by atoms with Gasteiger partial charge in [0.2, 0.25) is 0 Å². The van der Waals surface area contributed by atoms with Crippen molar-refractivity contribution in [2.75, 3.05) is 6.61 Å². The van der Waals surface area contributed by atoms with Crippen molar-refractivity contribution < 1.29 is 18.7 Å². The van der Waals surface area contributed by atoms with Gasteiger partial charge in [-0.15, -0.1) is 0 Å². The third kappa shape index (κ3) is 4.02. The summed E-state index contributed by atoms with van der Waals surface area (Å²) in [7, 11) is 2.81. The van der Waals surface area contributed by atoms with E-state index >= 15 is 0 Å². The lowest BCUT2D eigenvalue weighted by Crippen LogP contribution is -2.37. The molecule has 0 radical (unpaired) electrons. The monoisotopic (exact) mass is 474 g/mol. The van der Waals surface area contributed by atoms with E-state index in [1.165, 1.54) is 52.3 Å². The van der Waals surface area contributed by atoms with Crippen LogP contribution >= 0.6 is 11.3 Å². The lowest BCUT2D eigenvalue weighted by Gasteiger charge is -2.06. The summed E-state index contributed by atoms with van der Waals surface area (Å²) in [6.45, 7) is 1.33. The largest absolute Gasteiger partial charge is 0.465 e. The van der Waals surface area contributed by atoms with Crippen LogP contribution in [0, 0.1) is 5.82 Å². The molecule has 0 N–H and O–H groups in total. The van der Waals surface area contributed by atoms with Gasteiger partial charge in [-0.25, -0.2) is 14.2 Å². The molecule has 0 aliphatic rings. The number of aryl methyl sites for hydroxylation is 1. The zero-order valence-electron chi connectivity index (χ0n) is 17.9. The first-order valence-corrected chi connectivity index (χ1v) is 10.7. The van der Waals surface area contributed by atoms with Crippen LogP contribution in [0.25, 0.3) is 21.4 Å². The third-order valence-corrected chi connectivity index (χ3v) is 6.02. The van der Waals surface area contributed by atoms with E-state index in [1.54, 1.807) is 6.92 Å². The first-order chi connectivity index (χ1) is 15.7. The second kappa shape index (κ2) is 8.58. The number of nitrogens with zero attached hydrogens (tertiary/aromatic N) is 6. The minimum Gasteiger partial charge on any atom is -0.465 e. The topological polar surface area (TPSA) is 122 Å². The molecule has 0 atom stereocenters. The van der Waals surface area contributed by atoms with Gasteiger partial charge in [0.15, 0.2) is 16.0 Å². The summed E-state index contributed by atoms with van der Waals surface area (Å²) in [6.07, 6.45) is 1.28. The van der Waals surface area contributed by atoms with Gasteiger partial charge >= 0.3 is 11.7 Å². The number of aromatic nitrogens is 5. The number of carbonyl (C=O) groups excluding carboxylic acids is 2. The van der Waals surface area contributed by atoms with Gasteiger partial charge in [0, 0.05) is 14.1 Å². The van der Waals surface area contributed by atoms with Crippen LogP contribution in [-0.2, 0) is 41.5 Å². The number of benzene rings is 1. The summed E-state index contributed by atoms with van der Waals surface area (Å²) in [6, 6.07) is 4.04. The number of esters is 1. The van der Waals surface area contributed by atoms with Gasteiger partial charge in [-0.3, -0.25) is 23.5 Å². The molecule has 33 heavy (non-hydrogen) atoms. The molecule has 0 fully saturated rings. The van der Waals surface area contributed by atoms with Crippen molar-refractivity contribution in [1.29, 1.82) is 0 Å². The van der Waals surface area contributed by atoms with E-state index < -0.39 is 28.9 Å². The number of hydrogen-bond acceptors (Lipinski definition) is 7. The van der Waals surface area contributed by atoms with Crippen LogP contribution < -0.4 is 16.1 Å². The number of fused-ring (bicyclic) bond motifs is 2. The summed E-state index contributed by atoms with van der Waals surface area (Å²) < 4.78 is 24.1. The molecule has 0 saturated carbocycles. The van der Waals surface area contributed by atoms with Crippen molar-refractivity contribution in [3.05, 3.63) is 56.0 Å². The Balaban J connectivity index is 1.78. The zero-order valence-corrected chi connectivity index (χ0v) is 18.8. The van der Waals surface area contributed by atoms with Crippen LogP contribution in [0.1, 0.15) is 6.92 Å². The molecule has 3 heterocycles. The summed E-state index contributed by atoms with van der Waals surface area (Å²) in [4.78, 5) is 57.9. The lowest BCUT2D eigenvalue weighted by molar-refractivity contribution is -0.143. The Bertz CT molecular complexity index is 1610. The molecule has 0 unspecified atom stereocenters. The van der Waals surface area contributed by atoms with Gasteiger partial charge in [0.05, 0.1) is 23.2 Å². The molecular formula is C20H19FN6O5S. The minimum absolute atomic E-state index is 0.0842. The minimum atomic E-state index is -0.630. The SMILES string of the molecule is CCOC(=O)Cn1c(=NC(=O)Cn2cnc3c2c(=O)n(C)c(=O)n3C)sc2cc(F)ccc21. The first-order valence-electron chi connectivity index (χ1n) is 9.84. The van der Waals surface area contributed by atoms with Crippen molar-refractivity contribution in [3.8, 4) is 0 Å². The lowest BCUT2D eigenvalue weighted by atomic mass is 10.3. The number of rotatable bonds is 5. The molecule has 0 aliphatic carbocycles. The fourth-order valence-corrected chi connectivity index (χ4v) is 4.50. The fraction of sp³-hybridized carbons (Fsp3) is 0.300. The average Bonchev–Trinajstić information content (AvgIpc) is 3.32. The Hall–Kier alpha value is -3.87. The Labute approximate surface area is 188 Å². The van der Waals surface area contributed by atoms with Gasteiger partial charge in [-0.1, -0.05) is 11.3 Å². The molecule has 0 spiro atoms. The highest BCUT2D eigenvalue weighted by Crippen LogP contribution is 2.19. The predicted octanol–water partition coefficient (Wildman–Crippen LogP) is 0.280. The summed E-state index contributed by atoms with van der Waals surface area (Å²) in [5.41, 5.74) is -0.371. The number of imidazole rings is 1. The van der Waals surface area contributed by atoms with E-state index in [2.05, 4.69) is 9.98 Å². The Morgan fingerprint density at radius 3 is 2.67 bits per heavy atom. The van der Waals surface area contributed by atoms with Gasteiger partial charge in [0.1, 0.15) is 18.9 Å². The van der Waals surface area contributed by atoms with Crippen molar-refractivity contribution in [2.24, 2.45) is 19.1 Å². The molecule has 0 bridgehead atoms. The van der Waals surface area contributed by atoms with Crippen LogP contribution in [0.3, 0.4) is 0 Å². The van der Waals surface area contributed by atoms with Crippen LogP contribution in [0.4, 0.5) is 4.39 Å². The summed E-state index contributed by atoms with van der Waals surface area (Å²) in [5, 5.41) is 0.